The molecule has 2 amide bonds. The van der Waals surface area contributed by atoms with Crippen LogP contribution in [0.25, 0.3) is 0 Å². The molecule has 0 saturated carbocycles. The zero-order valence-electron chi connectivity index (χ0n) is 18.0. The molecule has 0 spiro atoms. The molecule has 1 aliphatic heterocycles. The number of halogens is 3. The topological polar surface area (TPSA) is 165 Å². The summed E-state index contributed by atoms with van der Waals surface area (Å²) < 4.78 is 13.2. The van der Waals surface area contributed by atoms with Crippen molar-refractivity contribution in [3.05, 3.63) is 51.8 Å². The van der Waals surface area contributed by atoms with Crippen LogP contribution in [0.1, 0.15) is 28.4 Å². The number of guanidine groups is 1. The first-order valence-electron chi connectivity index (χ1n) is 10.2. The van der Waals surface area contributed by atoms with E-state index in [9.17, 15) is 29.0 Å². The summed E-state index contributed by atoms with van der Waals surface area (Å²) in [6.45, 7) is -0.371. The monoisotopic (exact) mass is 526 g/mol. The number of amides is 2. The Hall–Kier alpha value is -3.64. The van der Waals surface area contributed by atoms with E-state index in [2.05, 4.69) is 31.2 Å². The van der Waals surface area contributed by atoms with E-state index in [-0.39, 0.29) is 34.3 Å². The standard InChI is InChI=1S/C21H21Cl2FN6O5/c22-11-2-14(19(34)15(23)3-11)16(4-18(32)33)30-17(31)9-26-20(35)10-1-13(8-25-5-10)29-21-27-6-12(24)7-28-21/h1-3,5,8,12,16,34H,4,6-7,9H2,(H,26,35)(H,30,31)(H,32,33)(H2,27,28,29)/t16-/m1/s1. The van der Waals surface area contributed by atoms with Gasteiger partial charge in [0.1, 0.15) is 11.9 Å². The highest BCUT2D eigenvalue weighted by molar-refractivity contribution is 6.35. The van der Waals surface area contributed by atoms with Gasteiger partial charge in [-0.1, -0.05) is 23.2 Å². The van der Waals surface area contributed by atoms with Gasteiger partial charge in [0.25, 0.3) is 5.91 Å². The number of anilines is 1. The van der Waals surface area contributed by atoms with Crippen LogP contribution in [0.3, 0.4) is 0 Å². The number of phenolic OH excluding ortho intramolecular Hbond substituents is 1. The van der Waals surface area contributed by atoms with Gasteiger partial charge in [0, 0.05) is 16.8 Å². The molecule has 2 heterocycles. The van der Waals surface area contributed by atoms with Crippen LogP contribution in [0.15, 0.2) is 35.6 Å². The van der Waals surface area contributed by atoms with Crippen LogP contribution in [0, 0.1) is 0 Å². The Bertz CT molecular complexity index is 1170. The minimum atomic E-state index is -1.25. The number of carboxylic acids is 1. The fourth-order valence-corrected chi connectivity index (χ4v) is 3.65. The number of rotatable bonds is 8. The van der Waals surface area contributed by atoms with Gasteiger partial charge in [-0.3, -0.25) is 19.4 Å². The second-order valence-corrected chi connectivity index (χ2v) is 8.32. The first kappa shape index (κ1) is 26.0. The number of hydrogen-bond acceptors (Lipinski definition) is 8. The summed E-state index contributed by atoms with van der Waals surface area (Å²) in [7, 11) is 0. The van der Waals surface area contributed by atoms with Crippen LogP contribution in [0.5, 0.6) is 5.75 Å². The number of carbonyl (C=O) groups excluding carboxylic acids is 2. The lowest BCUT2D eigenvalue weighted by atomic mass is 10.0. The van der Waals surface area contributed by atoms with Gasteiger partial charge >= 0.3 is 5.97 Å². The van der Waals surface area contributed by atoms with E-state index in [0.717, 1.165) is 0 Å². The number of carboxylic acid groups (broad SMARTS) is 1. The number of hydrogen-bond donors (Lipinski definition) is 6. The summed E-state index contributed by atoms with van der Waals surface area (Å²) >= 11 is 11.8. The maximum atomic E-state index is 13.2. The summed E-state index contributed by atoms with van der Waals surface area (Å²) in [6, 6.07) is 2.87. The molecule has 0 bridgehead atoms. The Kier molecular flexibility index (Phi) is 8.66. The van der Waals surface area contributed by atoms with Crippen molar-refractivity contribution in [1.29, 1.82) is 0 Å². The summed E-state index contributed by atoms with van der Waals surface area (Å²) in [4.78, 5) is 44.2. The molecule has 186 valence electrons. The zero-order valence-corrected chi connectivity index (χ0v) is 19.5. The number of phenols is 1. The Morgan fingerprint density at radius 3 is 2.69 bits per heavy atom. The molecule has 11 nitrogen and oxygen atoms in total. The van der Waals surface area contributed by atoms with Gasteiger partial charge in [-0.15, -0.1) is 0 Å². The third kappa shape index (κ3) is 7.42. The number of nitrogens with one attached hydrogen (secondary N) is 4. The lowest BCUT2D eigenvalue weighted by molar-refractivity contribution is -0.137. The van der Waals surface area contributed by atoms with Gasteiger partial charge < -0.3 is 31.5 Å². The van der Waals surface area contributed by atoms with E-state index in [0.29, 0.717) is 11.6 Å². The molecule has 2 atom stereocenters. The average molecular weight is 527 g/mol. The summed E-state index contributed by atoms with van der Waals surface area (Å²) in [5.41, 5.74) is 0.565. The molecule has 0 fully saturated rings. The van der Waals surface area contributed by atoms with Crippen LogP contribution in [-0.2, 0) is 9.59 Å². The summed E-state index contributed by atoms with van der Waals surface area (Å²) in [5, 5.41) is 29.9. The third-order valence-corrected chi connectivity index (χ3v) is 5.26. The Morgan fingerprint density at radius 1 is 1.23 bits per heavy atom. The zero-order chi connectivity index (χ0) is 25.5. The molecule has 6 N–H and O–H groups in total. The molecular weight excluding hydrogens is 506 g/mol. The van der Waals surface area contributed by atoms with E-state index >= 15 is 0 Å². The minimum Gasteiger partial charge on any atom is -0.506 e. The number of aliphatic imine (C=N–C) groups is 1. The van der Waals surface area contributed by atoms with Crippen LogP contribution in [-0.4, -0.2) is 64.7 Å². The smallest absolute Gasteiger partial charge is 0.305 e. The van der Waals surface area contributed by atoms with Gasteiger partial charge in [-0.25, -0.2) is 9.38 Å². The predicted octanol–water partition coefficient (Wildman–Crippen LogP) is 1.87. The highest BCUT2D eigenvalue weighted by Gasteiger charge is 2.23. The minimum absolute atomic E-state index is 0.0140. The van der Waals surface area contributed by atoms with Gasteiger partial charge in [-0.2, -0.15) is 0 Å². The van der Waals surface area contributed by atoms with Crippen molar-refractivity contribution < 1.29 is 29.0 Å². The third-order valence-electron chi connectivity index (χ3n) is 4.76. The van der Waals surface area contributed by atoms with Crippen molar-refractivity contribution >= 4 is 52.6 Å². The first-order chi connectivity index (χ1) is 16.6. The van der Waals surface area contributed by atoms with Crippen molar-refractivity contribution in [3.63, 3.8) is 0 Å². The van der Waals surface area contributed by atoms with Gasteiger partial charge in [0.2, 0.25) is 5.91 Å². The molecule has 2 aromatic rings. The quantitative estimate of drug-likeness (QED) is 0.303. The van der Waals surface area contributed by atoms with Gasteiger partial charge in [0.05, 0.1) is 54.6 Å². The van der Waals surface area contributed by atoms with E-state index in [1.54, 1.807) is 0 Å². The Balaban J connectivity index is 1.62. The fourth-order valence-electron chi connectivity index (χ4n) is 3.14. The molecule has 14 heteroatoms. The molecule has 0 radical (unpaired) electrons. The number of aromatic hydroxyl groups is 1. The number of benzene rings is 1. The average Bonchev–Trinajstić information content (AvgIpc) is 2.81. The SMILES string of the molecule is O=C(O)C[C@@H](NC(=O)CNC(=O)c1cncc(NC2=NCC(F)CN2)c1)c1cc(Cl)cc(Cl)c1O. The molecule has 0 saturated heterocycles. The van der Waals surface area contributed by atoms with E-state index in [1.807, 2.05) is 0 Å². The van der Waals surface area contributed by atoms with E-state index < -0.39 is 48.7 Å². The summed E-state index contributed by atoms with van der Waals surface area (Å²) in [6.07, 6.45) is 1.08. The number of carbonyl (C=O) groups is 3. The highest BCUT2D eigenvalue weighted by atomic mass is 35.5. The molecule has 0 aliphatic carbocycles. The van der Waals surface area contributed by atoms with Crippen molar-refractivity contribution in [2.24, 2.45) is 4.99 Å². The number of nitrogens with zero attached hydrogens (tertiary/aromatic N) is 2. The number of aliphatic carboxylic acids is 1. The van der Waals surface area contributed by atoms with Crippen LogP contribution in [0.2, 0.25) is 10.0 Å². The van der Waals surface area contributed by atoms with Crippen molar-refractivity contribution in [2.45, 2.75) is 18.6 Å². The van der Waals surface area contributed by atoms with Crippen LogP contribution in [0.4, 0.5) is 10.1 Å². The Morgan fingerprint density at radius 2 is 2.00 bits per heavy atom. The van der Waals surface area contributed by atoms with Crippen LogP contribution < -0.4 is 21.3 Å². The number of pyridine rings is 1. The fraction of sp³-hybridized carbons (Fsp3) is 0.286. The first-order valence-corrected chi connectivity index (χ1v) is 11.0. The van der Waals surface area contributed by atoms with Crippen molar-refractivity contribution in [2.75, 3.05) is 25.0 Å². The van der Waals surface area contributed by atoms with Gasteiger partial charge in [0.15, 0.2) is 5.96 Å². The maximum Gasteiger partial charge on any atom is 0.305 e. The van der Waals surface area contributed by atoms with Crippen LogP contribution >= 0.6 is 23.2 Å². The Labute approximate surface area is 208 Å². The predicted molar refractivity (Wildman–Crippen MR) is 127 cm³/mol. The molecule has 1 aromatic heterocycles. The second-order valence-electron chi connectivity index (χ2n) is 7.48. The second kappa shape index (κ2) is 11.7. The maximum absolute atomic E-state index is 13.2. The molecule has 1 aromatic carbocycles. The lowest BCUT2D eigenvalue weighted by Gasteiger charge is -2.20. The van der Waals surface area contributed by atoms with Crippen molar-refractivity contribution in [3.8, 4) is 5.75 Å². The normalized spacial score (nSPS) is 15.9. The summed E-state index contributed by atoms with van der Waals surface area (Å²) in [5.74, 6) is -2.66. The molecule has 3 rings (SSSR count). The number of aromatic nitrogens is 1. The van der Waals surface area contributed by atoms with E-state index in [1.165, 1.54) is 30.6 Å². The largest absolute Gasteiger partial charge is 0.506 e. The molecule has 35 heavy (non-hydrogen) atoms. The van der Waals surface area contributed by atoms with Crippen molar-refractivity contribution in [1.82, 2.24) is 20.9 Å². The number of alkyl halides is 1. The molecule has 1 aliphatic rings. The molecular formula is C21H21Cl2FN6O5. The van der Waals surface area contributed by atoms with E-state index in [4.69, 9.17) is 23.2 Å². The highest BCUT2D eigenvalue weighted by Crippen LogP contribution is 2.36. The molecule has 1 unspecified atom stereocenters. The van der Waals surface area contributed by atoms with Gasteiger partial charge in [-0.05, 0) is 18.2 Å². The lowest BCUT2D eigenvalue weighted by Crippen LogP contribution is -2.41.